The Labute approximate surface area is 143 Å². The van der Waals surface area contributed by atoms with Crippen LogP contribution >= 0.6 is 24.0 Å². The molecule has 0 atom stereocenters. The molecule has 0 aliphatic carbocycles. The minimum atomic E-state index is -2.97. The Morgan fingerprint density at radius 2 is 2.10 bits per heavy atom. The maximum atomic E-state index is 11.2. The second kappa shape index (κ2) is 7.98. The number of aliphatic imine (C=N–C) groups is 1. The van der Waals surface area contributed by atoms with Crippen molar-refractivity contribution < 1.29 is 8.42 Å². The molecule has 1 aliphatic rings. The van der Waals surface area contributed by atoms with Gasteiger partial charge in [-0.05, 0) is 25.0 Å². The Bertz CT molecular complexity index is 602. The number of guanidine groups is 1. The first kappa shape index (κ1) is 18.2. The van der Waals surface area contributed by atoms with E-state index in [1.165, 1.54) is 11.8 Å². The Morgan fingerprint density at radius 1 is 1.38 bits per heavy atom. The van der Waals surface area contributed by atoms with Crippen LogP contribution in [0, 0.1) is 0 Å². The van der Waals surface area contributed by atoms with E-state index in [0.29, 0.717) is 6.54 Å². The third-order valence-electron chi connectivity index (χ3n) is 3.20. The average molecular weight is 423 g/mol. The SMILES string of the molecule is CCNC(=NCCS(C)(=O)=O)N1CCc2ccccc21.I. The van der Waals surface area contributed by atoms with E-state index < -0.39 is 9.84 Å². The first-order valence-corrected chi connectivity index (χ1v) is 8.89. The van der Waals surface area contributed by atoms with Crippen LogP contribution in [0.25, 0.3) is 0 Å². The van der Waals surface area contributed by atoms with E-state index in [-0.39, 0.29) is 29.7 Å². The molecule has 21 heavy (non-hydrogen) atoms. The molecule has 0 spiro atoms. The van der Waals surface area contributed by atoms with Gasteiger partial charge in [0.1, 0.15) is 9.84 Å². The number of halogens is 1. The van der Waals surface area contributed by atoms with E-state index in [9.17, 15) is 8.42 Å². The Hall–Kier alpha value is -0.830. The van der Waals surface area contributed by atoms with Crippen molar-refractivity contribution in [2.45, 2.75) is 13.3 Å². The number of sulfone groups is 1. The summed E-state index contributed by atoms with van der Waals surface area (Å²) in [6.07, 6.45) is 2.23. The van der Waals surface area contributed by atoms with E-state index in [0.717, 1.165) is 31.2 Å². The zero-order valence-corrected chi connectivity index (χ0v) is 15.5. The number of fused-ring (bicyclic) bond motifs is 1. The van der Waals surface area contributed by atoms with E-state index in [4.69, 9.17) is 0 Å². The van der Waals surface area contributed by atoms with Crippen LogP contribution in [-0.4, -0.2) is 46.0 Å². The van der Waals surface area contributed by atoms with E-state index in [1.54, 1.807) is 0 Å². The number of hydrogen-bond donors (Lipinski definition) is 1. The maximum absolute atomic E-state index is 11.2. The van der Waals surface area contributed by atoms with Crippen molar-refractivity contribution in [3.8, 4) is 0 Å². The molecule has 1 N–H and O–H groups in total. The van der Waals surface area contributed by atoms with Crippen molar-refractivity contribution in [3.63, 3.8) is 0 Å². The van der Waals surface area contributed by atoms with Crippen molar-refractivity contribution in [2.75, 3.05) is 36.5 Å². The summed E-state index contributed by atoms with van der Waals surface area (Å²) in [5.74, 6) is 0.846. The third-order valence-corrected chi connectivity index (χ3v) is 4.13. The molecule has 1 heterocycles. The highest BCUT2D eigenvalue weighted by atomic mass is 127. The largest absolute Gasteiger partial charge is 0.356 e. The molecule has 1 aromatic rings. The van der Waals surface area contributed by atoms with Crippen LogP contribution in [0.4, 0.5) is 5.69 Å². The highest BCUT2D eigenvalue weighted by Crippen LogP contribution is 2.27. The van der Waals surface area contributed by atoms with Crippen LogP contribution in [0.1, 0.15) is 12.5 Å². The topological polar surface area (TPSA) is 61.8 Å². The number of rotatable bonds is 4. The number of para-hydroxylation sites is 1. The van der Waals surface area contributed by atoms with Gasteiger partial charge in [0.05, 0.1) is 12.3 Å². The second-order valence-corrected chi connectivity index (χ2v) is 7.16. The van der Waals surface area contributed by atoms with Gasteiger partial charge in [0.25, 0.3) is 0 Å². The molecular weight excluding hydrogens is 401 g/mol. The summed E-state index contributed by atoms with van der Waals surface area (Å²) in [4.78, 5) is 6.56. The predicted octanol–water partition coefficient (Wildman–Crippen LogP) is 1.68. The van der Waals surface area contributed by atoms with Gasteiger partial charge in [-0.25, -0.2) is 8.42 Å². The number of nitrogens with zero attached hydrogens (tertiary/aromatic N) is 2. The van der Waals surface area contributed by atoms with Crippen LogP contribution in [0.5, 0.6) is 0 Å². The first-order valence-electron chi connectivity index (χ1n) is 6.83. The van der Waals surface area contributed by atoms with Gasteiger partial charge in [-0.15, -0.1) is 24.0 Å². The van der Waals surface area contributed by atoms with Gasteiger partial charge in [0.15, 0.2) is 5.96 Å². The van der Waals surface area contributed by atoms with Crippen LogP contribution in [0.3, 0.4) is 0 Å². The number of hydrogen-bond acceptors (Lipinski definition) is 3. The summed E-state index contributed by atoms with van der Waals surface area (Å²) in [5.41, 5.74) is 2.47. The summed E-state index contributed by atoms with van der Waals surface area (Å²) in [7, 11) is -2.97. The van der Waals surface area contributed by atoms with Gasteiger partial charge in [0.2, 0.25) is 0 Å². The molecular formula is C14H22IN3O2S. The second-order valence-electron chi connectivity index (χ2n) is 4.90. The minimum Gasteiger partial charge on any atom is -0.356 e. The monoisotopic (exact) mass is 423 g/mol. The Morgan fingerprint density at radius 3 is 2.76 bits per heavy atom. The highest BCUT2D eigenvalue weighted by molar-refractivity contribution is 14.0. The van der Waals surface area contributed by atoms with Crippen LogP contribution in [0.15, 0.2) is 29.3 Å². The van der Waals surface area contributed by atoms with Gasteiger partial charge < -0.3 is 10.2 Å². The molecule has 2 rings (SSSR count). The lowest BCUT2D eigenvalue weighted by atomic mass is 10.2. The Balaban J connectivity index is 0.00000220. The fourth-order valence-corrected chi connectivity index (χ4v) is 2.69. The molecule has 1 aliphatic heterocycles. The van der Waals surface area contributed by atoms with Crippen molar-refractivity contribution in [1.29, 1.82) is 0 Å². The average Bonchev–Trinajstić information content (AvgIpc) is 2.80. The Kier molecular flexibility index (Phi) is 6.92. The van der Waals surface area contributed by atoms with Crippen LogP contribution < -0.4 is 10.2 Å². The highest BCUT2D eigenvalue weighted by Gasteiger charge is 2.22. The van der Waals surface area contributed by atoms with Crippen molar-refractivity contribution >= 4 is 45.5 Å². The molecule has 7 heteroatoms. The van der Waals surface area contributed by atoms with Crippen molar-refractivity contribution in [3.05, 3.63) is 29.8 Å². The molecule has 0 radical (unpaired) electrons. The molecule has 0 fully saturated rings. The van der Waals surface area contributed by atoms with Crippen LogP contribution in [0.2, 0.25) is 0 Å². The molecule has 0 aromatic heterocycles. The van der Waals surface area contributed by atoms with Crippen LogP contribution in [-0.2, 0) is 16.3 Å². The molecule has 0 saturated heterocycles. The number of anilines is 1. The molecule has 1 aromatic carbocycles. The quantitative estimate of drug-likeness (QED) is 0.455. The minimum absolute atomic E-state index is 0. The summed E-state index contributed by atoms with van der Waals surface area (Å²) in [6, 6.07) is 8.24. The smallest absolute Gasteiger partial charge is 0.198 e. The molecule has 118 valence electrons. The lowest BCUT2D eigenvalue weighted by molar-refractivity contribution is 0.601. The van der Waals surface area contributed by atoms with Gasteiger partial charge in [-0.3, -0.25) is 4.99 Å². The zero-order chi connectivity index (χ0) is 14.6. The van der Waals surface area contributed by atoms with E-state index in [2.05, 4.69) is 27.3 Å². The number of nitrogens with one attached hydrogen (secondary N) is 1. The summed E-state index contributed by atoms with van der Waals surface area (Å²) >= 11 is 0. The van der Waals surface area contributed by atoms with Gasteiger partial charge in [-0.1, -0.05) is 18.2 Å². The van der Waals surface area contributed by atoms with E-state index in [1.807, 2.05) is 19.1 Å². The standard InChI is InChI=1S/C14H21N3O2S.HI/c1-3-15-14(16-9-11-20(2,18)19)17-10-8-12-6-4-5-7-13(12)17;/h4-7H,3,8-11H2,1-2H3,(H,15,16);1H. The van der Waals surface area contributed by atoms with Crippen molar-refractivity contribution in [1.82, 2.24) is 5.32 Å². The normalized spacial score (nSPS) is 14.6. The van der Waals surface area contributed by atoms with E-state index >= 15 is 0 Å². The van der Waals surface area contributed by atoms with Gasteiger partial charge in [-0.2, -0.15) is 0 Å². The molecule has 0 unspecified atom stereocenters. The lowest BCUT2D eigenvalue weighted by Crippen LogP contribution is -2.40. The fraction of sp³-hybridized carbons (Fsp3) is 0.500. The maximum Gasteiger partial charge on any atom is 0.198 e. The lowest BCUT2D eigenvalue weighted by Gasteiger charge is -2.22. The third kappa shape index (κ3) is 5.14. The van der Waals surface area contributed by atoms with Gasteiger partial charge >= 0.3 is 0 Å². The summed E-state index contributed by atoms with van der Waals surface area (Å²) in [5, 5.41) is 3.23. The summed E-state index contributed by atoms with van der Waals surface area (Å²) in [6.45, 7) is 3.94. The number of benzene rings is 1. The first-order chi connectivity index (χ1) is 9.51. The van der Waals surface area contributed by atoms with Crippen molar-refractivity contribution in [2.24, 2.45) is 4.99 Å². The zero-order valence-electron chi connectivity index (χ0n) is 12.4. The predicted molar refractivity (Wildman–Crippen MR) is 98.6 cm³/mol. The molecule has 0 bridgehead atoms. The molecule has 5 nitrogen and oxygen atoms in total. The fourth-order valence-electron chi connectivity index (χ4n) is 2.27. The molecule has 0 amide bonds. The molecule has 0 saturated carbocycles. The van der Waals surface area contributed by atoms with Gasteiger partial charge in [0, 0.05) is 25.0 Å². The summed E-state index contributed by atoms with van der Waals surface area (Å²) < 4.78 is 22.4.